The molecule has 1 fully saturated rings. The molecule has 3 aromatic heterocycles. The summed E-state index contributed by atoms with van der Waals surface area (Å²) in [5, 5.41) is 4.37. The van der Waals surface area contributed by atoms with Gasteiger partial charge in [0.2, 0.25) is 0 Å². The van der Waals surface area contributed by atoms with Crippen LogP contribution in [-0.2, 0) is 0 Å². The summed E-state index contributed by atoms with van der Waals surface area (Å²) in [5.74, 6) is 2.28. The fourth-order valence-electron chi connectivity index (χ4n) is 9.08. The second-order valence-electron chi connectivity index (χ2n) is 15.2. The molecular weight excluding hydrogens is 695 g/mol. The van der Waals surface area contributed by atoms with E-state index in [9.17, 15) is 0 Å². The van der Waals surface area contributed by atoms with Crippen molar-refractivity contribution in [3.05, 3.63) is 187 Å². The number of hydrogen-bond donors (Lipinski definition) is 0. The standard InChI is InChI=1S/C52H33N5/c1-2-12-31(13-3-1)37-18-6-9-22-41(37)52-56-49(47-43-30-42(43)39-20-7-8-21-40(39)50(47)57-52)35-16-10-15-34(29-35)48-46-38-19-5-4-14-32(38)23-26-45(46)54-51(55-48)36-24-25-44-33(28-36)17-11-27-53-44/h1-29,42-43H,30H2. The number of benzene rings is 7. The van der Waals surface area contributed by atoms with E-state index in [1.807, 2.05) is 18.3 Å². The van der Waals surface area contributed by atoms with Crippen LogP contribution in [0.5, 0.6) is 0 Å². The maximum atomic E-state index is 5.55. The van der Waals surface area contributed by atoms with Crippen LogP contribution in [0.3, 0.4) is 0 Å². The van der Waals surface area contributed by atoms with Gasteiger partial charge in [0, 0.05) is 50.4 Å². The summed E-state index contributed by atoms with van der Waals surface area (Å²) in [6, 6.07) is 59.8. The van der Waals surface area contributed by atoms with Crippen molar-refractivity contribution < 1.29 is 0 Å². The third kappa shape index (κ3) is 5.20. The zero-order valence-electron chi connectivity index (χ0n) is 30.8. The number of nitrogens with zero attached hydrogens (tertiary/aromatic N) is 5. The van der Waals surface area contributed by atoms with Crippen LogP contribution >= 0.6 is 0 Å². The summed E-state index contributed by atoms with van der Waals surface area (Å²) >= 11 is 0. The number of pyridine rings is 1. The monoisotopic (exact) mass is 727 g/mol. The quantitative estimate of drug-likeness (QED) is 0.165. The van der Waals surface area contributed by atoms with Gasteiger partial charge >= 0.3 is 0 Å². The highest BCUT2D eigenvalue weighted by atomic mass is 14.9. The van der Waals surface area contributed by atoms with Gasteiger partial charge in [-0.25, -0.2) is 19.9 Å². The topological polar surface area (TPSA) is 64.5 Å². The molecule has 2 atom stereocenters. The summed E-state index contributed by atoms with van der Waals surface area (Å²) < 4.78 is 0. The molecule has 57 heavy (non-hydrogen) atoms. The Morgan fingerprint density at radius 2 is 1.11 bits per heavy atom. The molecule has 12 rings (SSSR count). The lowest BCUT2D eigenvalue weighted by atomic mass is 9.86. The van der Waals surface area contributed by atoms with Gasteiger partial charge in [-0.1, -0.05) is 133 Å². The van der Waals surface area contributed by atoms with Crippen LogP contribution in [0.4, 0.5) is 0 Å². The molecule has 2 aliphatic rings. The minimum absolute atomic E-state index is 0.379. The van der Waals surface area contributed by atoms with E-state index in [0.717, 1.165) is 95.3 Å². The average molecular weight is 728 g/mol. The molecule has 10 aromatic rings. The van der Waals surface area contributed by atoms with E-state index in [2.05, 4.69) is 163 Å². The normalized spacial score (nSPS) is 15.3. The molecule has 7 aromatic carbocycles. The number of hydrogen-bond acceptors (Lipinski definition) is 5. The van der Waals surface area contributed by atoms with Gasteiger partial charge in [-0.3, -0.25) is 4.98 Å². The van der Waals surface area contributed by atoms with E-state index in [0.29, 0.717) is 17.7 Å². The Hall–Kier alpha value is -7.37. The van der Waals surface area contributed by atoms with Crippen LogP contribution in [0.1, 0.15) is 29.4 Å². The Morgan fingerprint density at radius 1 is 0.404 bits per heavy atom. The minimum atomic E-state index is 0.379. The highest BCUT2D eigenvalue weighted by Crippen LogP contribution is 2.63. The van der Waals surface area contributed by atoms with Gasteiger partial charge in [-0.2, -0.15) is 0 Å². The van der Waals surface area contributed by atoms with Crippen LogP contribution in [-0.4, -0.2) is 24.9 Å². The van der Waals surface area contributed by atoms with Crippen LogP contribution in [0.2, 0.25) is 0 Å². The second kappa shape index (κ2) is 12.6. The van der Waals surface area contributed by atoms with E-state index in [-0.39, 0.29) is 0 Å². The van der Waals surface area contributed by atoms with Crippen molar-refractivity contribution in [3.8, 4) is 67.7 Å². The summed E-state index contributed by atoms with van der Waals surface area (Å²) in [6.07, 6.45) is 2.93. The van der Waals surface area contributed by atoms with Gasteiger partial charge < -0.3 is 0 Å². The molecule has 266 valence electrons. The third-order valence-corrected chi connectivity index (χ3v) is 11.8. The predicted molar refractivity (Wildman–Crippen MR) is 231 cm³/mol. The Balaban J connectivity index is 1.10. The molecule has 0 radical (unpaired) electrons. The van der Waals surface area contributed by atoms with Gasteiger partial charge in [0.1, 0.15) is 0 Å². The molecular formula is C52H33N5. The maximum Gasteiger partial charge on any atom is 0.161 e. The van der Waals surface area contributed by atoms with E-state index < -0.39 is 0 Å². The predicted octanol–water partition coefficient (Wildman–Crippen LogP) is 12.7. The van der Waals surface area contributed by atoms with Gasteiger partial charge in [0.25, 0.3) is 0 Å². The van der Waals surface area contributed by atoms with E-state index in [1.165, 1.54) is 16.7 Å². The average Bonchev–Trinajstić information content (AvgIpc) is 4.10. The van der Waals surface area contributed by atoms with Crippen LogP contribution in [0.15, 0.2) is 176 Å². The first kappa shape index (κ1) is 31.9. The van der Waals surface area contributed by atoms with Crippen molar-refractivity contribution in [2.45, 2.75) is 18.3 Å². The summed E-state index contributed by atoms with van der Waals surface area (Å²) in [7, 11) is 0. The largest absolute Gasteiger partial charge is 0.256 e. The molecule has 0 bridgehead atoms. The van der Waals surface area contributed by atoms with E-state index in [1.54, 1.807) is 0 Å². The highest BCUT2D eigenvalue weighted by molar-refractivity contribution is 6.12. The molecule has 0 amide bonds. The van der Waals surface area contributed by atoms with Crippen molar-refractivity contribution in [2.75, 3.05) is 0 Å². The van der Waals surface area contributed by atoms with E-state index >= 15 is 0 Å². The fourth-order valence-corrected chi connectivity index (χ4v) is 9.08. The summed E-state index contributed by atoms with van der Waals surface area (Å²) in [5.41, 5.74) is 14.9. The van der Waals surface area contributed by atoms with Crippen LogP contribution in [0.25, 0.3) is 100 Å². The Morgan fingerprint density at radius 3 is 2.02 bits per heavy atom. The third-order valence-electron chi connectivity index (χ3n) is 11.8. The van der Waals surface area contributed by atoms with Crippen molar-refractivity contribution in [2.24, 2.45) is 0 Å². The van der Waals surface area contributed by atoms with Gasteiger partial charge in [0.15, 0.2) is 11.6 Å². The molecule has 0 saturated heterocycles. The van der Waals surface area contributed by atoms with Gasteiger partial charge in [0.05, 0.1) is 28.1 Å². The van der Waals surface area contributed by atoms with Crippen molar-refractivity contribution in [1.82, 2.24) is 24.9 Å². The minimum Gasteiger partial charge on any atom is -0.256 e. The SMILES string of the molecule is c1ccc(-c2ccccc2-c2nc(-c3cccc(-c4nc(-c5ccc6ncccc6c5)nc5ccc6ccccc6c45)c3)c3c(n2)-c2ccccc2C2CC32)cc1. The molecule has 0 spiro atoms. The molecule has 2 aliphatic carbocycles. The van der Waals surface area contributed by atoms with Gasteiger partial charge in [-0.05, 0) is 82.1 Å². The van der Waals surface area contributed by atoms with Crippen LogP contribution in [0, 0.1) is 0 Å². The van der Waals surface area contributed by atoms with Crippen LogP contribution < -0.4 is 0 Å². The lowest BCUT2D eigenvalue weighted by molar-refractivity contribution is 0.968. The number of rotatable bonds is 5. The first-order valence-electron chi connectivity index (χ1n) is 19.6. The molecule has 2 unspecified atom stereocenters. The highest BCUT2D eigenvalue weighted by Gasteiger charge is 2.48. The summed E-state index contributed by atoms with van der Waals surface area (Å²) in [6.45, 7) is 0. The van der Waals surface area contributed by atoms with Crippen molar-refractivity contribution in [3.63, 3.8) is 0 Å². The molecule has 0 aliphatic heterocycles. The Labute approximate surface area is 329 Å². The zero-order valence-corrected chi connectivity index (χ0v) is 30.8. The Kier molecular flexibility index (Phi) is 7.05. The number of aromatic nitrogens is 5. The Bertz CT molecular complexity index is 3250. The fraction of sp³-hybridized carbons (Fsp3) is 0.0577. The molecule has 5 nitrogen and oxygen atoms in total. The smallest absolute Gasteiger partial charge is 0.161 e. The molecule has 0 N–H and O–H groups in total. The summed E-state index contributed by atoms with van der Waals surface area (Å²) in [4.78, 5) is 26.2. The lowest BCUT2D eigenvalue weighted by Gasteiger charge is -2.23. The maximum absolute atomic E-state index is 5.55. The van der Waals surface area contributed by atoms with Crippen molar-refractivity contribution >= 4 is 32.6 Å². The zero-order chi connectivity index (χ0) is 37.5. The van der Waals surface area contributed by atoms with E-state index in [4.69, 9.17) is 19.9 Å². The van der Waals surface area contributed by atoms with Gasteiger partial charge in [-0.15, -0.1) is 0 Å². The lowest BCUT2D eigenvalue weighted by Crippen LogP contribution is -2.08. The second-order valence-corrected chi connectivity index (χ2v) is 15.2. The molecule has 3 heterocycles. The first-order valence-corrected chi connectivity index (χ1v) is 19.6. The molecule has 1 saturated carbocycles. The molecule has 5 heteroatoms. The van der Waals surface area contributed by atoms with Crippen molar-refractivity contribution in [1.29, 1.82) is 0 Å². The first-order chi connectivity index (χ1) is 28.2. The number of fused-ring (bicyclic) bond motifs is 10.